The Balaban J connectivity index is 1.68. The van der Waals surface area contributed by atoms with Gasteiger partial charge in [0, 0.05) is 26.6 Å². The minimum atomic E-state index is -4.46. The van der Waals surface area contributed by atoms with Crippen molar-refractivity contribution >= 4 is 11.9 Å². The Hall–Kier alpha value is -3.03. The van der Waals surface area contributed by atoms with Crippen LogP contribution in [0.5, 0.6) is 0 Å². The van der Waals surface area contributed by atoms with Gasteiger partial charge in [0.05, 0.1) is 23.7 Å². The number of aryl methyl sites for hydroxylation is 2. The summed E-state index contributed by atoms with van der Waals surface area (Å²) < 4.78 is 40.2. The van der Waals surface area contributed by atoms with Crippen molar-refractivity contribution < 1.29 is 22.8 Å². The van der Waals surface area contributed by atoms with Crippen molar-refractivity contribution in [2.24, 2.45) is 0 Å². The number of carbonyl (C=O) groups is 2. The Kier molecular flexibility index (Phi) is 6.60. The highest BCUT2D eigenvalue weighted by molar-refractivity contribution is 5.81. The molecule has 8 heteroatoms. The number of halogens is 3. The van der Waals surface area contributed by atoms with E-state index in [0.29, 0.717) is 37.1 Å². The molecule has 3 amide bonds. The van der Waals surface area contributed by atoms with E-state index in [1.165, 1.54) is 4.90 Å². The van der Waals surface area contributed by atoms with Gasteiger partial charge in [0.15, 0.2) is 0 Å². The van der Waals surface area contributed by atoms with Crippen LogP contribution in [0, 0.1) is 20.8 Å². The summed E-state index contributed by atoms with van der Waals surface area (Å²) in [5, 5.41) is 0. The van der Waals surface area contributed by atoms with Crippen LogP contribution in [0.4, 0.5) is 18.0 Å². The molecule has 0 bridgehead atoms. The van der Waals surface area contributed by atoms with E-state index >= 15 is 0 Å². The van der Waals surface area contributed by atoms with Crippen LogP contribution >= 0.6 is 0 Å². The first kappa shape index (κ1) is 25.1. The molecule has 188 valence electrons. The number of hydrogen-bond acceptors (Lipinski definition) is 2. The third kappa shape index (κ3) is 4.62. The summed E-state index contributed by atoms with van der Waals surface area (Å²) in [7, 11) is 1.63. The van der Waals surface area contributed by atoms with Gasteiger partial charge in [0.1, 0.15) is 0 Å². The number of nitrogens with zero attached hydrogens (tertiary/aromatic N) is 3. The van der Waals surface area contributed by atoms with Gasteiger partial charge in [-0.25, -0.2) is 4.79 Å². The number of rotatable bonds is 3. The minimum absolute atomic E-state index is 0.110. The molecule has 4 rings (SSSR count). The number of alkyl halides is 3. The lowest BCUT2D eigenvalue weighted by molar-refractivity contribution is -0.137. The average molecular weight is 488 g/mol. The Morgan fingerprint density at radius 2 is 1.83 bits per heavy atom. The monoisotopic (exact) mass is 487 g/mol. The minimum Gasteiger partial charge on any atom is -0.335 e. The summed E-state index contributed by atoms with van der Waals surface area (Å²) in [5.41, 5.74) is 3.42. The van der Waals surface area contributed by atoms with Crippen LogP contribution in [0.25, 0.3) is 0 Å². The lowest BCUT2D eigenvalue weighted by atomic mass is 9.89. The summed E-state index contributed by atoms with van der Waals surface area (Å²) >= 11 is 0. The van der Waals surface area contributed by atoms with Gasteiger partial charge in [-0.2, -0.15) is 13.2 Å². The number of carbonyl (C=O) groups excluding carboxylic acids is 2. The summed E-state index contributed by atoms with van der Waals surface area (Å²) in [5.74, 6) is 0.110. The van der Waals surface area contributed by atoms with Gasteiger partial charge in [-0.3, -0.25) is 4.79 Å². The Morgan fingerprint density at radius 1 is 1.11 bits per heavy atom. The fourth-order valence-corrected chi connectivity index (χ4v) is 5.43. The first-order valence-corrected chi connectivity index (χ1v) is 12.0. The second kappa shape index (κ2) is 9.21. The van der Waals surface area contributed by atoms with Crippen LogP contribution in [0.3, 0.4) is 0 Å². The first-order chi connectivity index (χ1) is 16.4. The number of fused-ring (bicyclic) bond motifs is 1. The zero-order valence-corrected chi connectivity index (χ0v) is 20.8. The van der Waals surface area contributed by atoms with Crippen LogP contribution < -0.4 is 0 Å². The van der Waals surface area contributed by atoms with Crippen molar-refractivity contribution in [3.05, 3.63) is 69.8 Å². The fourth-order valence-electron chi connectivity index (χ4n) is 5.43. The second-order valence-corrected chi connectivity index (χ2v) is 9.82. The van der Waals surface area contributed by atoms with Crippen molar-refractivity contribution in [2.75, 3.05) is 20.1 Å². The standard InChI is InChI=1S/C27H32F3N3O2/c1-16-13-20(15-21(14-16)27(28,29)30)19(4)31(5)26(35)33-12-11-32-23(9-10-24(32)34)25(33)22-8-6-7-17(2)18(22)3/h6-8,13-15,19,23,25H,9-12H2,1-5H3. The first-order valence-electron chi connectivity index (χ1n) is 12.0. The molecule has 2 aromatic carbocycles. The quantitative estimate of drug-likeness (QED) is 0.550. The molecule has 2 fully saturated rings. The summed E-state index contributed by atoms with van der Waals surface area (Å²) in [4.78, 5) is 31.6. The molecule has 0 spiro atoms. The third-order valence-electron chi connectivity index (χ3n) is 7.66. The molecule has 3 unspecified atom stereocenters. The van der Waals surface area contributed by atoms with E-state index in [2.05, 4.69) is 0 Å². The number of benzene rings is 2. The zero-order chi connectivity index (χ0) is 25.7. The highest BCUT2D eigenvalue weighted by atomic mass is 19.4. The summed E-state index contributed by atoms with van der Waals surface area (Å²) in [6.45, 7) is 8.25. The van der Waals surface area contributed by atoms with Crippen molar-refractivity contribution in [1.82, 2.24) is 14.7 Å². The molecule has 2 heterocycles. The average Bonchev–Trinajstić information content (AvgIpc) is 3.18. The van der Waals surface area contributed by atoms with Crippen LogP contribution in [0.1, 0.15) is 65.2 Å². The summed E-state index contributed by atoms with van der Waals surface area (Å²) in [6, 6.07) is 8.70. The Morgan fingerprint density at radius 3 is 2.51 bits per heavy atom. The van der Waals surface area contributed by atoms with E-state index < -0.39 is 17.8 Å². The van der Waals surface area contributed by atoms with E-state index in [9.17, 15) is 22.8 Å². The lowest BCUT2D eigenvalue weighted by Gasteiger charge is -2.47. The molecule has 0 radical (unpaired) electrons. The number of piperazine rings is 1. The predicted octanol–water partition coefficient (Wildman–Crippen LogP) is 5.79. The lowest BCUT2D eigenvalue weighted by Crippen LogP contribution is -2.57. The number of urea groups is 1. The molecule has 0 N–H and O–H groups in total. The number of amides is 3. The molecule has 2 aliphatic rings. The molecular formula is C27H32F3N3O2. The van der Waals surface area contributed by atoms with Gasteiger partial charge in [-0.15, -0.1) is 0 Å². The maximum Gasteiger partial charge on any atom is 0.416 e. The van der Waals surface area contributed by atoms with Gasteiger partial charge in [-0.1, -0.05) is 29.8 Å². The highest BCUT2D eigenvalue weighted by Crippen LogP contribution is 2.40. The number of hydrogen-bond donors (Lipinski definition) is 0. The van der Waals surface area contributed by atoms with Gasteiger partial charge >= 0.3 is 12.2 Å². The predicted molar refractivity (Wildman–Crippen MR) is 128 cm³/mol. The van der Waals surface area contributed by atoms with E-state index in [0.717, 1.165) is 28.8 Å². The van der Waals surface area contributed by atoms with Crippen molar-refractivity contribution in [3.63, 3.8) is 0 Å². The van der Waals surface area contributed by atoms with E-state index in [4.69, 9.17) is 0 Å². The molecule has 2 aliphatic heterocycles. The molecule has 2 aromatic rings. The maximum absolute atomic E-state index is 13.9. The SMILES string of the molecule is Cc1cc(C(C)N(C)C(=O)N2CCN3C(=O)CCC3C2c2cccc(C)c2C)cc(C(F)(F)F)c1. The zero-order valence-electron chi connectivity index (χ0n) is 20.8. The van der Waals surface area contributed by atoms with E-state index in [-0.39, 0.29) is 24.0 Å². The van der Waals surface area contributed by atoms with Gasteiger partial charge < -0.3 is 14.7 Å². The highest BCUT2D eigenvalue weighted by Gasteiger charge is 2.46. The Bertz CT molecular complexity index is 1150. The molecule has 3 atom stereocenters. The Labute approximate surface area is 204 Å². The molecular weight excluding hydrogens is 455 g/mol. The van der Waals surface area contributed by atoms with E-state index in [1.807, 2.05) is 36.9 Å². The van der Waals surface area contributed by atoms with Crippen LogP contribution in [0.15, 0.2) is 36.4 Å². The topological polar surface area (TPSA) is 43.9 Å². The normalized spacial score (nSPS) is 21.2. The van der Waals surface area contributed by atoms with E-state index in [1.54, 1.807) is 31.9 Å². The fraction of sp³-hybridized carbons (Fsp3) is 0.481. The van der Waals surface area contributed by atoms with Crippen molar-refractivity contribution in [3.8, 4) is 0 Å². The largest absolute Gasteiger partial charge is 0.416 e. The molecule has 0 saturated carbocycles. The molecule has 0 aliphatic carbocycles. The van der Waals surface area contributed by atoms with Crippen molar-refractivity contribution in [1.29, 1.82) is 0 Å². The smallest absolute Gasteiger partial charge is 0.335 e. The summed E-state index contributed by atoms with van der Waals surface area (Å²) in [6.07, 6.45) is -3.32. The molecule has 35 heavy (non-hydrogen) atoms. The van der Waals surface area contributed by atoms with Crippen LogP contribution in [0.2, 0.25) is 0 Å². The maximum atomic E-state index is 13.9. The third-order valence-corrected chi connectivity index (χ3v) is 7.66. The van der Waals surface area contributed by atoms with Gasteiger partial charge in [0.25, 0.3) is 0 Å². The van der Waals surface area contributed by atoms with Crippen molar-refractivity contribution in [2.45, 2.75) is 64.8 Å². The molecule has 5 nitrogen and oxygen atoms in total. The molecule has 0 aromatic heterocycles. The second-order valence-electron chi connectivity index (χ2n) is 9.82. The van der Waals surface area contributed by atoms with Crippen LogP contribution in [-0.4, -0.2) is 52.8 Å². The van der Waals surface area contributed by atoms with Crippen LogP contribution in [-0.2, 0) is 11.0 Å². The van der Waals surface area contributed by atoms with Gasteiger partial charge in [-0.05, 0) is 68.5 Å². The van der Waals surface area contributed by atoms with Gasteiger partial charge in [0.2, 0.25) is 5.91 Å². The molecule has 2 saturated heterocycles.